The molecule has 1 heterocycles. The van der Waals surface area contributed by atoms with E-state index >= 15 is 0 Å². The van der Waals surface area contributed by atoms with Crippen LogP contribution in [0, 0.1) is 6.92 Å². The highest BCUT2D eigenvalue weighted by Gasteiger charge is 2.18. The van der Waals surface area contributed by atoms with Crippen LogP contribution in [0.15, 0.2) is 54.6 Å². The van der Waals surface area contributed by atoms with E-state index in [1.807, 2.05) is 31.2 Å². The number of aromatic amines is 1. The third-order valence-electron chi connectivity index (χ3n) is 4.21. The molecule has 0 bridgehead atoms. The SMILES string of the molecule is Cc1ccc(C(CCO)NC(=O)c2cc(-c3ccccc3O)n[nH]2)cc1. The molecule has 2 aromatic carbocycles. The number of para-hydroxylation sites is 1. The van der Waals surface area contributed by atoms with Crippen LogP contribution in [0.5, 0.6) is 5.75 Å². The Morgan fingerprint density at radius 3 is 2.62 bits per heavy atom. The number of nitrogens with zero attached hydrogens (tertiary/aromatic N) is 1. The number of carbonyl (C=O) groups excluding carboxylic acids is 1. The van der Waals surface area contributed by atoms with Gasteiger partial charge in [-0.25, -0.2) is 0 Å². The number of hydrogen-bond donors (Lipinski definition) is 4. The maximum Gasteiger partial charge on any atom is 0.269 e. The molecule has 26 heavy (non-hydrogen) atoms. The van der Waals surface area contributed by atoms with Crippen molar-refractivity contribution in [2.24, 2.45) is 0 Å². The zero-order valence-electron chi connectivity index (χ0n) is 14.4. The Labute approximate surface area is 151 Å². The molecule has 0 saturated heterocycles. The number of phenolic OH excluding ortho intramolecular Hbond substituents is 1. The third-order valence-corrected chi connectivity index (χ3v) is 4.21. The van der Waals surface area contributed by atoms with Gasteiger partial charge in [-0.2, -0.15) is 5.10 Å². The lowest BCUT2D eigenvalue weighted by atomic mass is 10.0. The number of rotatable bonds is 6. The molecule has 6 nitrogen and oxygen atoms in total. The number of aromatic nitrogens is 2. The zero-order valence-corrected chi connectivity index (χ0v) is 14.4. The molecule has 3 aromatic rings. The first kappa shape index (κ1) is 17.7. The summed E-state index contributed by atoms with van der Waals surface area (Å²) in [4.78, 5) is 12.6. The standard InChI is InChI=1S/C20H21N3O3/c1-13-6-8-14(9-7-13)16(10-11-24)21-20(26)18-12-17(22-23-18)15-4-2-3-5-19(15)25/h2-9,12,16,24-25H,10-11H2,1H3,(H,21,26)(H,22,23). The summed E-state index contributed by atoms with van der Waals surface area (Å²) in [6.45, 7) is 1.96. The van der Waals surface area contributed by atoms with Gasteiger partial charge in [-0.3, -0.25) is 9.89 Å². The fourth-order valence-corrected chi connectivity index (χ4v) is 2.75. The molecule has 0 saturated carbocycles. The highest BCUT2D eigenvalue weighted by atomic mass is 16.3. The van der Waals surface area contributed by atoms with Crippen molar-refractivity contribution < 1.29 is 15.0 Å². The van der Waals surface area contributed by atoms with E-state index in [1.165, 1.54) is 0 Å². The van der Waals surface area contributed by atoms with Gasteiger partial charge in [-0.15, -0.1) is 0 Å². The summed E-state index contributed by atoms with van der Waals surface area (Å²) in [6, 6.07) is 15.9. The van der Waals surface area contributed by atoms with Crippen molar-refractivity contribution in [1.29, 1.82) is 0 Å². The number of aryl methyl sites for hydroxylation is 1. The number of amides is 1. The number of phenols is 1. The van der Waals surface area contributed by atoms with Crippen molar-refractivity contribution in [2.75, 3.05) is 6.61 Å². The molecule has 1 amide bonds. The molecule has 6 heteroatoms. The monoisotopic (exact) mass is 351 g/mol. The second kappa shape index (κ2) is 7.84. The maximum atomic E-state index is 12.6. The minimum absolute atomic E-state index is 0.0368. The van der Waals surface area contributed by atoms with Gasteiger partial charge in [-0.1, -0.05) is 42.0 Å². The largest absolute Gasteiger partial charge is 0.507 e. The maximum absolute atomic E-state index is 12.6. The van der Waals surface area contributed by atoms with Crippen LogP contribution in [0.3, 0.4) is 0 Å². The van der Waals surface area contributed by atoms with Crippen LogP contribution in [-0.4, -0.2) is 32.9 Å². The lowest BCUT2D eigenvalue weighted by Crippen LogP contribution is -2.29. The number of nitrogens with one attached hydrogen (secondary N) is 2. The van der Waals surface area contributed by atoms with Crippen LogP contribution in [0.25, 0.3) is 11.3 Å². The molecule has 0 aliphatic rings. The molecular weight excluding hydrogens is 330 g/mol. The molecule has 0 spiro atoms. The van der Waals surface area contributed by atoms with Crippen LogP contribution < -0.4 is 5.32 Å². The molecule has 134 valence electrons. The Bertz CT molecular complexity index is 887. The molecule has 0 radical (unpaired) electrons. The quantitative estimate of drug-likeness (QED) is 0.549. The van der Waals surface area contributed by atoms with E-state index in [0.29, 0.717) is 23.4 Å². The summed E-state index contributed by atoms with van der Waals surface area (Å²) in [5, 5.41) is 29.0. The van der Waals surface area contributed by atoms with Gasteiger partial charge in [0.1, 0.15) is 11.4 Å². The minimum atomic E-state index is -0.321. The Balaban J connectivity index is 1.78. The van der Waals surface area contributed by atoms with E-state index < -0.39 is 0 Å². The molecule has 4 N–H and O–H groups in total. The molecule has 3 rings (SSSR count). The van der Waals surface area contributed by atoms with E-state index in [0.717, 1.165) is 11.1 Å². The average molecular weight is 351 g/mol. The predicted molar refractivity (Wildman–Crippen MR) is 98.8 cm³/mol. The van der Waals surface area contributed by atoms with Gasteiger partial charge in [0.25, 0.3) is 5.91 Å². The first-order valence-electron chi connectivity index (χ1n) is 8.40. The zero-order chi connectivity index (χ0) is 18.5. The van der Waals surface area contributed by atoms with Crippen LogP contribution in [0.4, 0.5) is 0 Å². The smallest absolute Gasteiger partial charge is 0.269 e. The Hall–Kier alpha value is -3.12. The Kier molecular flexibility index (Phi) is 5.34. The van der Waals surface area contributed by atoms with Gasteiger partial charge >= 0.3 is 0 Å². The molecule has 1 aromatic heterocycles. The van der Waals surface area contributed by atoms with E-state index in [1.54, 1.807) is 30.3 Å². The van der Waals surface area contributed by atoms with Gasteiger partial charge in [0.15, 0.2) is 0 Å². The van der Waals surface area contributed by atoms with Crippen LogP contribution in [0.2, 0.25) is 0 Å². The number of aliphatic hydroxyl groups is 1. The Morgan fingerprint density at radius 1 is 1.19 bits per heavy atom. The van der Waals surface area contributed by atoms with Crippen LogP contribution in [0.1, 0.15) is 34.1 Å². The van der Waals surface area contributed by atoms with E-state index in [9.17, 15) is 15.0 Å². The van der Waals surface area contributed by atoms with E-state index in [4.69, 9.17) is 0 Å². The normalized spacial score (nSPS) is 11.9. The highest BCUT2D eigenvalue weighted by molar-refractivity contribution is 5.93. The number of aliphatic hydroxyl groups excluding tert-OH is 1. The lowest BCUT2D eigenvalue weighted by Gasteiger charge is -2.18. The first-order valence-corrected chi connectivity index (χ1v) is 8.40. The summed E-state index contributed by atoms with van der Waals surface area (Å²) in [5.74, 6) is -0.220. The number of carbonyl (C=O) groups is 1. The summed E-state index contributed by atoms with van der Waals surface area (Å²) >= 11 is 0. The van der Waals surface area contributed by atoms with Gasteiger partial charge in [0, 0.05) is 12.2 Å². The van der Waals surface area contributed by atoms with Crippen molar-refractivity contribution in [3.8, 4) is 17.0 Å². The Morgan fingerprint density at radius 2 is 1.92 bits per heavy atom. The van der Waals surface area contributed by atoms with E-state index in [2.05, 4.69) is 15.5 Å². The summed E-state index contributed by atoms with van der Waals surface area (Å²) in [5.41, 5.74) is 3.39. The fourth-order valence-electron chi connectivity index (χ4n) is 2.75. The van der Waals surface area contributed by atoms with Crippen molar-refractivity contribution in [2.45, 2.75) is 19.4 Å². The predicted octanol–water partition coefficient (Wildman–Crippen LogP) is 2.94. The van der Waals surface area contributed by atoms with Crippen molar-refractivity contribution in [3.05, 3.63) is 71.4 Å². The molecular formula is C20H21N3O3. The summed E-state index contributed by atoms with van der Waals surface area (Å²) < 4.78 is 0. The number of H-pyrrole nitrogens is 1. The number of benzene rings is 2. The van der Waals surface area contributed by atoms with Gasteiger partial charge in [-0.05, 0) is 37.1 Å². The molecule has 1 unspecified atom stereocenters. The molecule has 0 aliphatic carbocycles. The lowest BCUT2D eigenvalue weighted by molar-refractivity contribution is 0.0925. The third kappa shape index (κ3) is 3.92. The second-order valence-electron chi connectivity index (χ2n) is 6.13. The van der Waals surface area contributed by atoms with E-state index in [-0.39, 0.29) is 24.3 Å². The average Bonchev–Trinajstić information content (AvgIpc) is 3.12. The van der Waals surface area contributed by atoms with Crippen molar-refractivity contribution in [3.63, 3.8) is 0 Å². The van der Waals surface area contributed by atoms with Gasteiger partial charge in [0.05, 0.1) is 11.7 Å². The van der Waals surface area contributed by atoms with Crippen molar-refractivity contribution >= 4 is 5.91 Å². The minimum Gasteiger partial charge on any atom is -0.507 e. The fraction of sp³-hybridized carbons (Fsp3) is 0.200. The van der Waals surface area contributed by atoms with Crippen LogP contribution in [-0.2, 0) is 0 Å². The molecule has 0 aliphatic heterocycles. The summed E-state index contributed by atoms with van der Waals surface area (Å²) in [6.07, 6.45) is 0.412. The second-order valence-corrected chi connectivity index (χ2v) is 6.13. The van der Waals surface area contributed by atoms with Gasteiger partial charge in [0.2, 0.25) is 0 Å². The summed E-state index contributed by atoms with van der Waals surface area (Å²) in [7, 11) is 0. The number of aromatic hydroxyl groups is 1. The topological polar surface area (TPSA) is 98.2 Å². The van der Waals surface area contributed by atoms with Crippen molar-refractivity contribution in [1.82, 2.24) is 15.5 Å². The number of hydrogen-bond acceptors (Lipinski definition) is 4. The van der Waals surface area contributed by atoms with Crippen LogP contribution >= 0.6 is 0 Å². The molecule has 0 fully saturated rings. The molecule has 1 atom stereocenters. The first-order chi connectivity index (χ1) is 12.6. The van der Waals surface area contributed by atoms with Gasteiger partial charge < -0.3 is 15.5 Å². The highest BCUT2D eigenvalue weighted by Crippen LogP contribution is 2.27.